The molecule has 4 nitrogen and oxygen atoms in total. The lowest BCUT2D eigenvalue weighted by molar-refractivity contribution is 0.431. The molecule has 4 N–H and O–H groups in total. The van der Waals surface area contributed by atoms with E-state index in [-0.39, 0.29) is 28.6 Å². The van der Waals surface area contributed by atoms with Crippen LogP contribution in [0, 0.1) is 47.5 Å². The Morgan fingerprint density at radius 2 is 0.860 bits per heavy atom. The van der Waals surface area contributed by atoms with Crippen LogP contribution in [0.3, 0.4) is 0 Å². The van der Waals surface area contributed by atoms with E-state index in [1.54, 1.807) is 0 Å². The lowest BCUT2D eigenvalue weighted by Gasteiger charge is -2.29. The van der Waals surface area contributed by atoms with Gasteiger partial charge in [-0.2, -0.15) is 0 Å². The van der Waals surface area contributed by atoms with Gasteiger partial charge in [-0.3, -0.25) is 0 Å². The summed E-state index contributed by atoms with van der Waals surface area (Å²) in [6.07, 6.45) is 2.10. The Hall–Kier alpha value is -3.92. The summed E-state index contributed by atoms with van der Waals surface area (Å²) in [5.74, 6) is 1.90. The molecule has 50 heavy (non-hydrogen) atoms. The molecule has 0 bridgehead atoms. The first kappa shape index (κ1) is 40.5. The van der Waals surface area contributed by atoms with Crippen LogP contribution in [-0.2, 0) is 10.8 Å². The van der Waals surface area contributed by atoms with E-state index >= 15 is 0 Å². The number of rotatable bonds is 7. The number of hydrogen-bond donors (Lipinski definition) is 4. The second kappa shape index (κ2) is 15.5. The Labute approximate surface area is 303 Å². The highest BCUT2D eigenvalue weighted by Crippen LogP contribution is 2.44. The van der Waals surface area contributed by atoms with Crippen molar-refractivity contribution in [3.05, 3.63) is 115 Å². The van der Waals surface area contributed by atoms with Gasteiger partial charge < -0.3 is 20.4 Å². The van der Waals surface area contributed by atoms with Gasteiger partial charge in [0.15, 0.2) is 0 Å². The van der Waals surface area contributed by atoms with Crippen molar-refractivity contribution in [3.8, 4) is 23.0 Å². The van der Waals surface area contributed by atoms with Gasteiger partial charge in [0.05, 0.1) is 0 Å². The fourth-order valence-corrected chi connectivity index (χ4v) is 7.48. The van der Waals surface area contributed by atoms with E-state index in [1.807, 2.05) is 64.1 Å². The van der Waals surface area contributed by atoms with Crippen molar-refractivity contribution in [1.29, 1.82) is 0 Å². The summed E-state index contributed by atoms with van der Waals surface area (Å²) in [6, 6.07) is 16.3. The first-order valence-corrected chi connectivity index (χ1v) is 18.3. The smallest absolute Gasteiger partial charge is 0.122 e. The molecule has 0 aliphatic heterocycles. The largest absolute Gasteiger partial charge is 0.508 e. The van der Waals surface area contributed by atoms with Crippen LogP contribution < -0.4 is 0 Å². The Morgan fingerprint density at radius 1 is 0.500 bits per heavy atom. The summed E-state index contributed by atoms with van der Waals surface area (Å²) in [7, 11) is 0. The SMILES string of the molecule is CCCC(c1cc(C(C)(C)C)c(O)cc1C)c1cc(C(C)(C)C)c(O)cc1C.Cc1cc(C)c(O)c(C(c2cc(C)cc(C)c2O)C(C)C)c1. The molecule has 0 saturated carbocycles. The molecule has 0 atom stereocenters. The third kappa shape index (κ3) is 9.05. The van der Waals surface area contributed by atoms with Crippen LogP contribution in [0.4, 0.5) is 0 Å². The van der Waals surface area contributed by atoms with Crippen LogP contribution in [0.15, 0.2) is 48.5 Å². The molecular weight excluding hydrogens is 617 g/mol. The lowest BCUT2D eigenvalue weighted by Crippen LogP contribution is -2.16. The highest BCUT2D eigenvalue weighted by Gasteiger charge is 2.28. The second-order valence-electron chi connectivity index (χ2n) is 17.1. The van der Waals surface area contributed by atoms with Gasteiger partial charge in [-0.15, -0.1) is 0 Å². The topological polar surface area (TPSA) is 80.9 Å². The fourth-order valence-electron chi connectivity index (χ4n) is 7.48. The quantitative estimate of drug-likeness (QED) is 0.157. The molecule has 0 spiro atoms. The summed E-state index contributed by atoms with van der Waals surface area (Å²) < 4.78 is 0. The van der Waals surface area contributed by atoms with Crippen molar-refractivity contribution in [2.45, 2.75) is 139 Å². The van der Waals surface area contributed by atoms with Crippen LogP contribution in [0.25, 0.3) is 0 Å². The number of benzene rings is 4. The van der Waals surface area contributed by atoms with E-state index in [2.05, 4.69) is 88.3 Å². The van der Waals surface area contributed by atoms with Gasteiger partial charge >= 0.3 is 0 Å². The Morgan fingerprint density at radius 3 is 1.16 bits per heavy atom. The molecule has 0 aliphatic carbocycles. The number of phenols is 4. The third-order valence-electron chi connectivity index (χ3n) is 10.00. The summed E-state index contributed by atoms with van der Waals surface area (Å²) in [6.45, 7) is 31.4. The van der Waals surface area contributed by atoms with Crippen LogP contribution in [-0.4, -0.2) is 20.4 Å². The van der Waals surface area contributed by atoms with E-state index in [1.165, 1.54) is 11.1 Å². The summed E-state index contributed by atoms with van der Waals surface area (Å²) >= 11 is 0. The summed E-state index contributed by atoms with van der Waals surface area (Å²) in [5, 5.41) is 42.2. The zero-order valence-electron chi connectivity index (χ0n) is 33.6. The molecule has 0 radical (unpaired) electrons. The molecule has 0 amide bonds. The number of aromatic hydroxyl groups is 4. The monoisotopic (exact) mass is 680 g/mol. The minimum absolute atomic E-state index is 0.0304. The highest BCUT2D eigenvalue weighted by atomic mass is 16.3. The first-order chi connectivity index (χ1) is 23.0. The molecule has 4 aromatic rings. The number of aryl methyl sites for hydroxylation is 6. The maximum atomic E-state index is 10.6. The van der Waals surface area contributed by atoms with Gasteiger partial charge in [-0.1, -0.05) is 116 Å². The van der Waals surface area contributed by atoms with E-state index in [0.29, 0.717) is 23.0 Å². The number of phenolic OH excluding ortho intramolecular Hbond substituents is 4. The summed E-state index contributed by atoms with van der Waals surface area (Å²) in [5.41, 5.74) is 12.3. The second-order valence-corrected chi connectivity index (χ2v) is 17.1. The van der Waals surface area contributed by atoms with Gasteiger partial charge in [0.2, 0.25) is 0 Å². The lowest BCUT2D eigenvalue weighted by atomic mass is 9.76. The van der Waals surface area contributed by atoms with Crippen molar-refractivity contribution in [2.75, 3.05) is 0 Å². The minimum Gasteiger partial charge on any atom is -0.508 e. The Bertz CT molecular complexity index is 1690. The van der Waals surface area contributed by atoms with Gasteiger partial charge in [0, 0.05) is 23.0 Å². The average Bonchev–Trinajstić information content (AvgIpc) is 2.96. The van der Waals surface area contributed by atoms with Crippen molar-refractivity contribution in [2.24, 2.45) is 5.92 Å². The molecular formula is C46H64O4. The normalized spacial score (nSPS) is 12.1. The molecule has 0 saturated heterocycles. The van der Waals surface area contributed by atoms with E-state index in [4.69, 9.17) is 0 Å². The van der Waals surface area contributed by atoms with Gasteiger partial charge in [0.25, 0.3) is 0 Å². The van der Waals surface area contributed by atoms with Crippen LogP contribution in [0.1, 0.15) is 154 Å². The minimum atomic E-state index is -0.121. The van der Waals surface area contributed by atoms with Crippen molar-refractivity contribution in [1.82, 2.24) is 0 Å². The molecule has 0 heterocycles. The maximum absolute atomic E-state index is 10.6. The first-order valence-electron chi connectivity index (χ1n) is 18.3. The Balaban J connectivity index is 0.000000278. The predicted molar refractivity (Wildman–Crippen MR) is 212 cm³/mol. The van der Waals surface area contributed by atoms with E-state index in [9.17, 15) is 20.4 Å². The zero-order valence-corrected chi connectivity index (χ0v) is 33.6. The molecule has 0 unspecified atom stereocenters. The highest BCUT2D eigenvalue weighted by molar-refractivity contribution is 5.55. The number of hydrogen-bond acceptors (Lipinski definition) is 4. The van der Waals surface area contributed by atoms with E-state index in [0.717, 1.165) is 68.5 Å². The van der Waals surface area contributed by atoms with Crippen molar-refractivity contribution < 1.29 is 20.4 Å². The molecule has 0 aromatic heterocycles. The van der Waals surface area contributed by atoms with Crippen LogP contribution in [0.5, 0.6) is 23.0 Å². The van der Waals surface area contributed by atoms with Gasteiger partial charge in [-0.05, 0) is 121 Å². The van der Waals surface area contributed by atoms with Crippen LogP contribution >= 0.6 is 0 Å². The van der Waals surface area contributed by atoms with Crippen molar-refractivity contribution >= 4 is 0 Å². The Kier molecular flexibility index (Phi) is 12.6. The molecule has 0 aliphatic rings. The standard InChI is InChI=1S/C26H38O2.C20H26O2/c1-10-11-18(19-14-21(25(4,5)6)23(27)12-16(19)2)20-15-22(26(7,8)9)24(28)13-17(20)3;1-11(2)18(16-9-12(3)7-14(5)19(16)21)17-10-13(4)8-15(6)20(17)22/h12-15,18,27-28H,10-11H2,1-9H3;7-11,18,21-22H,1-6H3. The zero-order chi connectivity index (χ0) is 38.0. The van der Waals surface area contributed by atoms with Gasteiger partial charge in [-0.25, -0.2) is 0 Å². The molecule has 4 heteroatoms. The summed E-state index contributed by atoms with van der Waals surface area (Å²) in [4.78, 5) is 0. The molecule has 272 valence electrons. The van der Waals surface area contributed by atoms with Crippen molar-refractivity contribution in [3.63, 3.8) is 0 Å². The molecule has 4 rings (SSSR count). The predicted octanol–water partition coefficient (Wildman–Crippen LogP) is 12.4. The fraction of sp³-hybridized carbons (Fsp3) is 0.478. The van der Waals surface area contributed by atoms with Crippen LogP contribution in [0.2, 0.25) is 0 Å². The average molecular weight is 681 g/mol. The molecule has 4 aromatic carbocycles. The molecule has 0 fully saturated rings. The van der Waals surface area contributed by atoms with E-state index < -0.39 is 0 Å². The maximum Gasteiger partial charge on any atom is 0.122 e. The van der Waals surface area contributed by atoms with Gasteiger partial charge in [0.1, 0.15) is 23.0 Å². The third-order valence-corrected chi connectivity index (χ3v) is 10.00.